The minimum atomic E-state index is -0.591. The number of anilines is 3. The van der Waals surface area contributed by atoms with Crippen molar-refractivity contribution in [2.75, 3.05) is 24.8 Å². The lowest BCUT2D eigenvalue weighted by molar-refractivity contribution is 0.0525. The minimum absolute atomic E-state index is 0.0171. The fraction of sp³-hybridized carbons (Fsp3) is 0.200. The number of hydrogen-bond acceptors (Lipinski definition) is 8. The highest BCUT2D eigenvalue weighted by molar-refractivity contribution is 5.96. The van der Waals surface area contributed by atoms with Crippen LogP contribution in [0, 0.1) is 0 Å². The molecule has 0 radical (unpaired) electrons. The third kappa shape index (κ3) is 3.73. The number of carbonyl (C=O) groups is 2. The third-order valence-corrected chi connectivity index (χ3v) is 2.89. The van der Waals surface area contributed by atoms with Gasteiger partial charge in [0.25, 0.3) is 0 Å². The molecule has 0 atom stereocenters. The lowest BCUT2D eigenvalue weighted by atomic mass is 10.2. The van der Waals surface area contributed by atoms with Crippen molar-refractivity contribution in [1.29, 1.82) is 0 Å². The molecule has 3 N–H and O–H groups in total. The average Bonchev–Trinajstić information content (AvgIpc) is 2.55. The summed E-state index contributed by atoms with van der Waals surface area (Å²) in [6.45, 7) is 1.92. The van der Waals surface area contributed by atoms with Gasteiger partial charge in [0.15, 0.2) is 0 Å². The van der Waals surface area contributed by atoms with Crippen molar-refractivity contribution in [3.63, 3.8) is 0 Å². The van der Waals surface area contributed by atoms with E-state index < -0.39 is 11.9 Å². The largest absolute Gasteiger partial charge is 0.465 e. The highest BCUT2D eigenvalue weighted by Gasteiger charge is 2.15. The van der Waals surface area contributed by atoms with Crippen LogP contribution in [0.3, 0.4) is 0 Å². The summed E-state index contributed by atoms with van der Waals surface area (Å²) < 4.78 is 9.56. The van der Waals surface area contributed by atoms with Crippen LogP contribution >= 0.6 is 0 Å². The standard InChI is InChI=1S/C15H16N4O4/c1-3-23-14(21)10-8-17-15(19-12(10)16)18-11-7-5-4-6-9(11)13(20)22-2/h4-8H,3H2,1-2H3,(H3,16,17,18,19). The molecule has 0 unspecified atom stereocenters. The first-order chi connectivity index (χ1) is 11.1. The van der Waals surface area contributed by atoms with Crippen molar-refractivity contribution in [2.24, 2.45) is 0 Å². The number of aromatic nitrogens is 2. The first kappa shape index (κ1) is 16.2. The minimum Gasteiger partial charge on any atom is -0.465 e. The second-order valence-corrected chi connectivity index (χ2v) is 4.38. The number of hydrogen-bond donors (Lipinski definition) is 2. The van der Waals surface area contributed by atoms with E-state index >= 15 is 0 Å². The van der Waals surface area contributed by atoms with Crippen LogP contribution in [-0.4, -0.2) is 35.6 Å². The molecule has 0 saturated heterocycles. The molecule has 2 aromatic rings. The van der Waals surface area contributed by atoms with Gasteiger partial charge in [-0.15, -0.1) is 0 Å². The number of nitrogens with zero attached hydrogens (tertiary/aromatic N) is 2. The zero-order chi connectivity index (χ0) is 16.8. The van der Waals surface area contributed by atoms with E-state index in [4.69, 9.17) is 15.2 Å². The molecular weight excluding hydrogens is 300 g/mol. The predicted molar refractivity (Wildman–Crippen MR) is 83.5 cm³/mol. The van der Waals surface area contributed by atoms with E-state index in [1.807, 2.05) is 0 Å². The zero-order valence-electron chi connectivity index (χ0n) is 12.7. The maximum Gasteiger partial charge on any atom is 0.343 e. The first-order valence-corrected chi connectivity index (χ1v) is 6.80. The molecule has 2 rings (SSSR count). The number of nitrogens with two attached hydrogens (primary N) is 1. The number of ether oxygens (including phenoxy) is 2. The molecule has 0 bridgehead atoms. The number of rotatable bonds is 5. The van der Waals surface area contributed by atoms with Crippen LogP contribution < -0.4 is 11.1 Å². The molecular formula is C15H16N4O4. The normalized spacial score (nSPS) is 10.0. The fourth-order valence-corrected chi connectivity index (χ4v) is 1.82. The number of methoxy groups -OCH3 is 1. The van der Waals surface area contributed by atoms with E-state index in [-0.39, 0.29) is 23.9 Å². The molecule has 1 aromatic carbocycles. The Kier molecular flexibility index (Phi) is 5.08. The molecule has 8 heteroatoms. The summed E-state index contributed by atoms with van der Waals surface area (Å²) in [4.78, 5) is 31.4. The second-order valence-electron chi connectivity index (χ2n) is 4.38. The Morgan fingerprint density at radius 2 is 1.96 bits per heavy atom. The molecule has 8 nitrogen and oxygen atoms in total. The Morgan fingerprint density at radius 1 is 1.22 bits per heavy atom. The molecule has 0 fully saturated rings. The van der Waals surface area contributed by atoms with E-state index in [1.54, 1.807) is 31.2 Å². The van der Waals surface area contributed by atoms with Crippen molar-refractivity contribution in [3.05, 3.63) is 41.6 Å². The summed E-state index contributed by atoms with van der Waals surface area (Å²) in [6.07, 6.45) is 1.27. The van der Waals surface area contributed by atoms with Crippen LogP contribution in [0.4, 0.5) is 17.5 Å². The summed E-state index contributed by atoms with van der Waals surface area (Å²) in [6, 6.07) is 6.72. The molecule has 0 spiro atoms. The third-order valence-electron chi connectivity index (χ3n) is 2.89. The summed E-state index contributed by atoms with van der Waals surface area (Å²) in [5.74, 6) is -0.959. The number of nitrogen functional groups attached to an aromatic ring is 1. The van der Waals surface area contributed by atoms with Crippen molar-refractivity contribution < 1.29 is 19.1 Å². The van der Waals surface area contributed by atoms with Crippen molar-refractivity contribution in [3.8, 4) is 0 Å². The van der Waals surface area contributed by atoms with E-state index in [0.29, 0.717) is 11.3 Å². The highest BCUT2D eigenvalue weighted by Crippen LogP contribution is 2.20. The number of esters is 2. The number of carbonyl (C=O) groups excluding carboxylic acids is 2. The van der Waals surface area contributed by atoms with Gasteiger partial charge in [-0.25, -0.2) is 14.6 Å². The Morgan fingerprint density at radius 3 is 2.61 bits per heavy atom. The Balaban J connectivity index is 2.27. The van der Waals surface area contributed by atoms with Crippen LogP contribution in [0.5, 0.6) is 0 Å². The summed E-state index contributed by atoms with van der Waals surface area (Å²) in [7, 11) is 1.29. The van der Waals surface area contributed by atoms with E-state index in [0.717, 1.165) is 0 Å². The summed E-state index contributed by atoms with van der Waals surface area (Å²) in [5.41, 5.74) is 6.62. The molecule has 0 aliphatic carbocycles. The van der Waals surface area contributed by atoms with Gasteiger partial charge in [-0.3, -0.25) is 0 Å². The van der Waals surface area contributed by atoms with E-state index in [9.17, 15) is 9.59 Å². The van der Waals surface area contributed by atoms with Crippen molar-refractivity contribution >= 4 is 29.4 Å². The Labute approximate surface area is 132 Å². The quantitative estimate of drug-likeness (QED) is 0.801. The Hall–Kier alpha value is -3.16. The number of para-hydroxylation sites is 1. The van der Waals surface area contributed by atoms with Crippen LogP contribution in [0.2, 0.25) is 0 Å². The molecule has 0 aliphatic rings. The van der Waals surface area contributed by atoms with E-state index in [1.165, 1.54) is 13.3 Å². The van der Waals surface area contributed by atoms with Gasteiger partial charge in [0.1, 0.15) is 11.4 Å². The molecule has 23 heavy (non-hydrogen) atoms. The first-order valence-electron chi connectivity index (χ1n) is 6.80. The van der Waals surface area contributed by atoms with Crippen LogP contribution in [0.1, 0.15) is 27.6 Å². The van der Waals surface area contributed by atoms with Gasteiger partial charge in [-0.05, 0) is 19.1 Å². The second kappa shape index (κ2) is 7.21. The van der Waals surface area contributed by atoms with Gasteiger partial charge in [0.05, 0.1) is 25.0 Å². The fourth-order valence-electron chi connectivity index (χ4n) is 1.82. The van der Waals surface area contributed by atoms with Crippen LogP contribution in [0.25, 0.3) is 0 Å². The van der Waals surface area contributed by atoms with Gasteiger partial charge in [0, 0.05) is 6.20 Å². The van der Waals surface area contributed by atoms with Gasteiger partial charge in [-0.2, -0.15) is 4.98 Å². The van der Waals surface area contributed by atoms with Crippen molar-refractivity contribution in [2.45, 2.75) is 6.92 Å². The number of nitrogens with one attached hydrogen (secondary N) is 1. The summed E-state index contributed by atoms with van der Waals surface area (Å²) in [5, 5.41) is 2.87. The SMILES string of the molecule is CCOC(=O)c1cnc(Nc2ccccc2C(=O)OC)nc1N. The smallest absolute Gasteiger partial charge is 0.343 e. The van der Waals surface area contributed by atoms with Gasteiger partial charge in [0.2, 0.25) is 5.95 Å². The topological polar surface area (TPSA) is 116 Å². The summed E-state index contributed by atoms with van der Waals surface area (Å²) >= 11 is 0. The molecule has 0 aliphatic heterocycles. The zero-order valence-corrected chi connectivity index (χ0v) is 12.7. The molecule has 1 heterocycles. The van der Waals surface area contributed by atoms with Gasteiger partial charge < -0.3 is 20.5 Å². The van der Waals surface area contributed by atoms with Crippen LogP contribution in [-0.2, 0) is 9.47 Å². The van der Waals surface area contributed by atoms with Gasteiger partial charge >= 0.3 is 11.9 Å². The molecule has 0 amide bonds. The lowest BCUT2D eigenvalue weighted by Crippen LogP contribution is -2.12. The predicted octanol–water partition coefficient (Wildman–Crippen LogP) is 1.77. The number of benzene rings is 1. The molecule has 1 aromatic heterocycles. The highest BCUT2D eigenvalue weighted by atomic mass is 16.5. The maximum absolute atomic E-state index is 11.7. The maximum atomic E-state index is 11.7. The van der Waals surface area contributed by atoms with Gasteiger partial charge in [-0.1, -0.05) is 12.1 Å². The van der Waals surface area contributed by atoms with Crippen molar-refractivity contribution in [1.82, 2.24) is 9.97 Å². The van der Waals surface area contributed by atoms with E-state index in [2.05, 4.69) is 15.3 Å². The Bertz CT molecular complexity index is 733. The molecule has 0 saturated carbocycles. The van der Waals surface area contributed by atoms with Crippen LogP contribution in [0.15, 0.2) is 30.5 Å². The average molecular weight is 316 g/mol. The monoisotopic (exact) mass is 316 g/mol. The molecule has 120 valence electrons. The lowest BCUT2D eigenvalue weighted by Gasteiger charge is -2.10.